The number of benzene rings is 2. The molecule has 0 saturated carbocycles. The molecule has 6 nitrogen and oxygen atoms in total. The minimum absolute atomic E-state index is 0.115. The molecule has 0 radical (unpaired) electrons. The van der Waals surface area contributed by atoms with Crippen LogP contribution in [0.2, 0.25) is 0 Å². The summed E-state index contributed by atoms with van der Waals surface area (Å²) in [6, 6.07) is 17.0. The van der Waals surface area contributed by atoms with E-state index in [2.05, 4.69) is 9.88 Å². The Kier molecular flexibility index (Phi) is 4.43. The molecule has 0 N–H and O–H groups in total. The first kappa shape index (κ1) is 18.3. The van der Waals surface area contributed by atoms with Crippen molar-refractivity contribution in [1.29, 1.82) is 0 Å². The second-order valence-electron chi connectivity index (χ2n) is 7.34. The lowest BCUT2D eigenvalue weighted by atomic mass is 10.2. The third kappa shape index (κ3) is 3.18. The van der Waals surface area contributed by atoms with E-state index in [1.165, 1.54) is 16.5 Å². The van der Waals surface area contributed by atoms with Gasteiger partial charge in [0.1, 0.15) is 11.5 Å². The third-order valence-electron chi connectivity index (χ3n) is 5.52. The number of piperazine rings is 1. The zero-order valence-corrected chi connectivity index (χ0v) is 16.2. The van der Waals surface area contributed by atoms with E-state index in [4.69, 9.17) is 0 Å². The average molecular weight is 402 g/mol. The number of carbonyl (C=O) groups is 1. The molecule has 150 valence electrons. The Hall–Kier alpha value is -3.74. The Morgan fingerprint density at radius 3 is 2.40 bits per heavy atom. The van der Waals surface area contributed by atoms with Crippen LogP contribution in [0.1, 0.15) is 10.4 Å². The lowest BCUT2D eigenvalue weighted by molar-refractivity contribution is 0.0746. The lowest BCUT2D eigenvalue weighted by Crippen LogP contribution is -2.48. The molecule has 1 fully saturated rings. The van der Waals surface area contributed by atoms with Gasteiger partial charge in [-0.3, -0.25) is 14.0 Å². The molecule has 0 atom stereocenters. The van der Waals surface area contributed by atoms with Crippen molar-refractivity contribution < 1.29 is 9.18 Å². The number of fused-ring (bicyclic) bond motifs is 2. The van der Waals surface area contributed by atoms with Crippen molar-refractivity contribution in [2.24, 2.45) is 0 Å². The number of anilines is 1. The van der Waals surface area contributed by atoms with Crippen LogP contribution in [0.3, 0.4) is 0 Å². The highest BCUT2D eigenvalue weighted by Crippen LogP contribution is 2.18. The molecule has 30 heavy (non-hydrogen) atoms. The summed E-state index contributed by atoms with van der Waals surface area (Å²) in [5.41, 5.74) is 2.36. The summed E-state index contributed by atoms with van der Waals surface area (Å²) in [5.74, 6) is -0.378. The maximum absolute atomic E-state index is 13.1. The zero-order chi connectivity index (χ0) is 20.7. The first-order chi connectivity index (χ1) is 14.6. The van der Waals surface area contributed by atoms with E-state index in [0.717, 1.165) is 5.69 Å². The van der Waals surface area contributed by atoms with Gasteiger partial charge in [-0.2, -0.15) is 0 Å². The van der Waals surface area contributed by atoms with Crippen molar-refractivity contribution in [3.05, 3.63) is 88.6 Å². The SMILES string of the molecule is O=C(c1ccc2nc3ccccc3c(=O)n2c1)N1CCN(c2ccc(F)cc2)CC1. The summed E-state index contributed by atoms with van der Waals surface area (Å²) < 4.78 is 14.6. The van der Waals surface area contributed by atoms with Gasteiger partial charge >= 0.3 is 0 Å². The molecule has 2 aromatic heterocycles. The van der Waals surface area contributed by atoms with Crippen molar-refractivity contribution in [1.82, 2.24) is 14.3 Å². The van der Waals surface area contributed by atoms with Crippen LogP contribution in [-0.2, 0) is 0 Å². The second kappa shape index (κ2) is 7.26. The largest absolute Gasteiger partial charge is 0.368 e. The first-order valence-corrected chi connectivity index (χ1v) is 9.81. The van der Waals surface area contributed by atoms with Crippen molar-refractivity contribution in [3.63, 3.8) is 0 Å². The van der Waals surface area contributed by atoms with Crippen molar-refractivity contribution in [3.8, 4) is 0 Å². The van der Waals surface area contributed by atoms with Crippen molar-refractivity contribution in [2.45, 2.75) is 0 Å². The summed E-state index contributed by atoms with van der Waals surface area (Å²) >= 11 is 0. The predicted molar refractivity (Wildman–Crippen MR) is 113 cm³/mol. The number of para-hydroxylation sites is 1. The Balaban J connectivity index is 1.38. The van der Waals surface area contributed by atoms with Crippen LogP contribution in [0.25, 0.3) is 16.6 Å². The van der Waals surface area contributed by atoms with E-state index in [0.29, 0.717) is 48.3 Å². The molecule has 0 bridgehead atoms. The summed E-state index contributed by atoms with van der Waals surface area (Å²) in [6.07, 6.45) is 1.58. The van der Waals surface area contributed by atoms with Crippen molar-refractivity contribution >= 4 is 28.1 Å². The molecular weight excluding hydrogens is 383 g/mol. The van der Waals surface area contributed by atoms with Crippen LogP contribution in [0.15, 0.2) is 71.7 Å². The maximum atomic E-state index is 13.1. The van der Waals surface area contributed by atoms with Gasteiger partial charge in [0, 0.05) is 38.1 Å². The van der Waals surface area contributed by atoms with Crippen LogP contribution in [0.4, 0.5) is 10.1 Å². The Bertz CT molecular complexity index is 1310. The zero-order valence-electron chi connectivity index (χ0n) is 16.2. The van der Waals surface area contributed by atoms with Gasteiger partial charge in [0.25, 0.3) is 11.5 Å². The average Bonchev–Trinajstić information content (AvgIpc) is 2.79. The molecular formula is C23H19FN4O2. The van der Waals surface area contributed by atoms with Gasteiger partial charge in [0.2, 0.25) is 0 Å². The van der Waals surface area contributed by atoms with E-state index in [1.54, 1.807) is 53.6 Å². The Morgan fingerprint density at radius 2 is 1.63 bits per heavy atom. The van der Waals surface area contributed by atoms with Gasteiger partial charge in [0.05, 0.1) is 16.5 Å². The molecule has 1 saturated heterocycles. The van der Waals surface area contributed by atoms with Gasteiger partial charge < -0.3 is 9.80 Å². The fraction of sp³-hybridized carbons (Fsp3) is 0.174. The fourth-order valence-corrected chi connectivity index (χ4v) is 3.88. The van der Waals surface area contributed by atoms with E-state index >= 15 is 0 Å². The van der Waals surface area contributed by atoms with Crippen LogP contribution in [0.5, 0.6) is 0 Å². The lowest BCUT2D eigenvalue weighted by Gasteiger charge is -2.36. The first-order valence-electron chi connectivity index (χ1n) is 9.81. The van der Waals surface area contributed by atoms with Crippen LogP contribution >= 0.6 is 0 Å². The number of pyridine rings is 1. The van der Waals surface area contributed by atoms with Crippen molar-refractivity contribution in [2.75, 3.05) is 31.1 Å². The molecule has 7 heteroatoms. The van der Waals surface area contributed by atoms with E-state index in [-0.39, 0.29) is 17.3 Å². The van der Waals surface area contributed by atoms with E-state index in [9.17, 15) is 14.0 Å². The smallest absolute Gasteiger partial charge is 0.265 e. The normalized spacial score (nSPS) is 14.4. The van der Waals surface area contributed by atoms with Crippen LogP contribution in [0, 0.1) is 5.82 Å². The summed E-state index contributed by atoms with van der Waals surface area (Å²) in [7, 11) is 0. The molecule has 1 aliphatic rings. The molecule has 5 rings (SSSR count). The van der Waals surface area contributed by atoms with Gasteiger partial charge in [0.15, 0.2) is 0 Å². The number of nitrogens with zero attached hydrogens (tertiary/aromatic N) is 4. The molecule has 1 aliphatic heterocycles. The predicted octanol–water partition coefficient (Wildman–Crippen LogP) is 2.95. The monoisotopic (exact) mass is 402 g/mol. The highest BCUT2D eigenvalue weighted by molar-refractivity contribution is 5.94. The number of rotatable bonds is 2. The maximum Gasteiger partial charge on any atom is 0.265 e. The molecule has 4 aromatic rings. The highest BCUT2D eigenvalue weighted by Gasteiger charge is 2.23. The standard InChI is InChI=1S/C23H19FN4O2/c24-17-6-8-18(9-7-17)26-11-13-27(14-12-26)22(29)16-5-10-21-25-20-4-2-1-3-19(20)23(30)28(21)15-16/h1-10,15H,11-14H2. The molecule has 3 heterocycles. The summed E-state index contributed by atoms with van der Waals surface area (Å²) in [5, 5.41) is 0.521. The molecule has 2 aromatic carbocycles. The van der Waals surface area contributed by atoms with Gasteiger partial charge in [-0.1, -0.05) is 12.1 Å². The highest BCUT2D eigenvalue weighted by atomic mass is 19.1. The number of hydrogen-bond donors (Lipinski definition) is 0. The third-order valence-corrected chi connectivity index (χ3v) is 5.52. The molecule has 1 amide bonds. The van der Waals surface area contributed by atoms with Gasteiger partial charge in [-0.15, -0.1) is 0 Å². The minimum Gasteiger partial charge on any atom is -0.368 e. The van der Waals surface area contributed by atoms with Gasteiger partial charge in [-0.05, 0) is 48.5 Å². The van der Waals surface area contributed by atoms with Crippen LogP contribution in [-0.4, -0.2) is 46.4 Å². The quantitative estimate of drug-likeness (QED) is 0.484. The summed E-state index contributed by atoms with van der Waals surface area (Å²) in [4.78, 5) is 34.3. The fourth-order valence-electron chi connectivity index (χ4n) is 3.88. The molecule has 0 aliphatic carbocycles. The number of amides is 1. The number of hydrogen-bond acceptors (Lipinski definition) is 4. The number of aromatic nitrogens is 2. The van der Waals surface area contributed by atoms with Gasteiger partial charge in [-0.25, -0.2) is 9.37 Å². The second-order valence-corrected chi connectivity index (χ2v) is 7.34. The Morgan fingerprint density at radius 1 is 0.900 bits per heavy atom. The number of carbonyl (C=O) groups excluding carboxylic acids is 1. The Labute approximate surface area is 171 Å². The van der Waals surface area contributed by atoms with Crippen LogP contribution < -0.4 is 10.5 Å². The molecule has 0 spiro atoms. The minimum atomic E-state index is -0.263. The molecule has 0 unspecified atom stereocenters. The topological polar surface area (TPSA) is 57.9 Å². The van der Waals surface area contributed by atoms with E-state index in [1.807, 2.05) is 6.07 Å². The summed E-state index contributed by atoms with van der Waals surface area (Å²) in [6.45, 7) is 2.44. The number of halogens is 1. The van der Waals surface area contributed by atoms with E-state index < -0.39 is 0 Å².